The maximum absolute atomic E-state index is 5.69. The van der Waals surface area contributed by atoms with Crippen LogP contribution in [0, 0.1) is 6.92 Å². The molecule has 0 aromatic carbocycles. The van der Waals surface area contributed by atoms with E-state index in [9.17, 15) is 0 Å². The van der Waals surface area contributed by atoms with Crippen molar-refractivity contribution in [1.82, 2.24) is 10.3 Å². The van der Waals surface area contributed by atoms with Crippen molar-refractivity contribution in [3.8, 4) is 0 Å². The van der Waals surface area contributed by atoms with Crippen LogP contribution in [0.4, 0.5) is 0 Å². The Kier molecular flexibility index (Phi) is 2.14. The number of aromatic nitrogens is 1. The van der Waals surface area contributed by atoms with E-state index in [0.29, 0.717) is 5.92 Å². The van der Waals surface area contributed by atoms with Crippen molar-refractivity contribution in [2.45, 2.75) is 39.0 Å². The zero-order valence-corrected chi connectivity index (χ0v) is 9.35. The molecule has 1 aliphatic rings. The topological polar surface area (TPSA) is 38.1 Å². The lowest BCUT2D eigenvalue weighted by Crippen LogP contribution is -2.40. The lowest BCUT2D eigenvalue weighted by Gasteiger charge is -2.23. The molecule has 1 aromatic rings. The third kappa shape index (κ3) is 1.57. The second-order valence-corrected chi connectivity index (χ2v) is 5.06. The van der Waals surface area contributed by atoms with Gasteiger partial charge in [-0.25, -0.2) is 4.98 Å². The van der Waals surface area contributed by atoms with Gasteiger partial charge in [0.05, 0.1) is 11.6 Å². The Hall–Kier alpha value is -0.830. The van der Waals surface area contributed by atoms with Gasteiger partial charge in [0, 0.05) is 18.5 Å². The van der Waals surface area contributed by atoms with Crippen molar-refractivity contribution in [2.75, 3.05) is 13.1 Å². The maximum atomic E-state index is 5.69. The lowest BCUT2D eigenvalue weighted by molar-refractivity contribution is 0.350. The number of hydrogen-bond acceptors (Lipinski definition) is 3. The Bertz CT molecular complexity index is 332. The number of nitrogens with zero attached hydrogens (tertiary/aromatic N) is 1. The average molecular weight is 194 g/mol. The van der Waals surface area contributed by atoms with E-state index in [1.54, 1.807) is 0 Å². The van der Waals surface area contributed by atoms with E-state index in [0.717, 1.165) is 30.4 Å². The molecule has 0 aliphatic carbocycles. The molecule has 1 saturated heterocycles. The molecule has 3 nitrogen and oxygen atoms in total. The van der Waals surface area contributed by atoms with Crippen molar-refractivity contribution >= 4 is 0 Å². The van der Waals surface area contributed by atoms with Crippen molar-refractivity contribution < 1.29 is 4.42 Å². The Morgan fingerprint density at radius 2 is 2.00 bits per heavy atom. The van der Waals surface area contributed by atoms with Gasteiger partial charge < -0.3 is 9.73 Å². The van der Waals surface area contributed by atoms with Crippen LogP contribution in [0.15, 0.2) is 4.42 Å². The molecule has 1 N–H and O–H groups in total. The van der Waals surface area contributed by atoms with Crippen molar-refractivity contribution in [1.29, 1.82) is 0 Å². The summed E-state index contributed by atoms with van der Waals surface area (Å²) in [6.45, 7) is 10.5. The highest BCUT2D eigenvalue weighted by Crippen LogP contribution is 2.28. The highest BCUT2D eigenvalue weighted by molar-refractivity contribution is 5.19. The summed E-state index contributed by atoms with van der Waals surface area (Å²) in [5, 5.41) is 3.23. The van der Waals surface area contributed by atoms with Crippen LogP contribution in [-0.2, 0) is 5.41 Å². The molecule has 0 unspecified atom stereocenters. The van der Waals surface area contributed by atoms with Gasteiger partial charge in [0.25, 0.3) is 0 Å². The number of aryl methyl sites for hydroxylation is 1. The normalized spacial score (nSPS) is 18.3. The Morgan fingerprint density at radius 1 is 1.36 bits per heavy atom. The first-order valence-corrected chi connectivity index (χ1v) is 5.17. The van der Waals surface area contributed by atoms with Gasteiger partial charge in [-0.3, -0.25) is 0 Å². The predicted molar refractivity (Wildman–Crippen MR) is 55.6 cm³/mol. The van der Waals surface area contributed by atoms with E-state index in [1.165, 1.54) is 0 Å². The van der Waals surface area contributed by atoms with Gasteiger partial charge in [0.2, 0.25) is 0 Å². The minimum Gasteiger partial charge on any atom is -0.445 e. The smallest absolute Gasteiger partial charge is 0.200 e. The molecule has 3 heteroatoms. The summed E-state index contributed by atoms with van der Waals surface area (Å²) in [6.07, 6.45) is 0. The molecular weight excluding hydrogens is 176 g/mol. The molecule has 1 aromatic heterocycles. The second kappa shape index (κ2) is 3.09. The fraction of sp³-hybridized carbons (Fsp3) is 0.727. The fourth-order valence-electron chi connectivity index (χ4n) is 1.75. The largest absolute Gasteiger partial charge is 0.445 e. The first kappa shape index (κ1) is 9.71. The molecule has 0 atom stereocenters. The molecule has 14 heavy (non-hydrogen) atoms. The summed E-state index contributed by atoms with van der Waals surface area (Å²) in [4.78, 5) is 4.60. The molecular formula is C11H18N2O. The first-order valence-electron chi connectivity index (χ1n) is 5.17. The van der Waals surface area contributed by atoms with Crippen LogP contribution in [0.3, 0.4) is 0 Å². The summed E-state index contributed by atoms with van der Waals surface area (Å²) < 4.78 is 5.69. The van der Waals surface area contributed by atoms with Gasteiger partial charge >= 0.3 is 0 Å². The van der Waals surface area contributed by atoms with E-state index in [1.807, 2.05) is 6.92 Å². The number of hydrogen-bond donors (Lipinski definition) is 1. The van der Waals surface area contributed by atoms with E-state index in [-0.39, 0.29) is 5.41 Å². The molecule has 2 rings (SSSR count). The first-order chi connectivity index (χ1) is 6.48. The van der Waals surface area contributed by atoms with Crippen molar-refractivity contribution in [3.05, 3.63) is 17.3 Å². The molecule has 0 amide bonds. The quantitative estimate of drug-likeness (QED) is 0.742. The third-order valence-electron chi connectivity index (χ3n) is 2.65. The molecule has 78 valence electrons. The van der Waals surface area contributed by atoms with E-state index in [4.69, 9.17) is 4.42 Å². The van der Waals surface area contributed by atoms with Gasteiger partial charge in [-0.05, 0) is 6.92 Å². The van der Waals surface area contributed by atoms with Crippen molar-refractivity contribution in [2.24, 2.45) is 0 Å². The molecule has 1 fully saturated rings. The summed E-state index contributed by atoms with van der Waals surface area (Å²) in [5.74, 6) is 2.37. The standard InChI is InChI=1S/C11H18N2O/c1-7-9(11(2,3)4)13-10(14-7)8-5-12-6-8/h8,12H,5-6H2,1-4H3. The highest BCUT2D eigenvalue weighted by Gasteiger charge is 2.28. The average Bonchev–Trinajstić information content (AvgIpc) is 2.25. The summed E-state index contributed by atoms with van der Waals surface area (Å²) in [6, 6.07) is 0. The van der Waals surface area contributed by atoms with Crippen LogP contribution in [0.25, 0.3) is 0 Å². The fourth-order valence-corrected chi connectivity index (χ4v) is 1.75. The molecule has 2 heterocycles. The van der Waals surface area contributed by atoms with Gasteiger partial charge in [0.1, 0.15) is 5.76 Å². The van der Waals surface area contributed by atoms with Crippen LogP contribution < -0.4 is 5.32 Å². The SMILES string of the molecule is Cc1oc(C2CNC2)nc1C(C)(C)C. The van der Waals surface area contributed by atoms with Gasteiger partial charge in [-0.1, -0.05) is 20.8 Å². The zero-order chi connectivity index (χ0) is 10.3. The number of oxazole rings is 1. The van der Waals surface area contributed by atoms with Crippen LogP contribution in [0.2, 0.25) is 0 Å². The summed E-state index contributed by atoms with van der Waals surface area (Å²) in [5.41, 5.74) is 1.18. The van der Waals surface area contributed by atoms with Crippen molar-refractivity contribution in [3.63, 3.8) is 0 Å². The van der Waals surface area contributed by atoms with E-state index < -0.39 is 0 Å². The van der Waals surface area contributed by atoms with Crippen LogP contribution in [-0.4, -0.2) is 18.1 Å². The van der Waals surface area contributed by atoms with E-state index >= 15 is 0 Å². The third-order valence-corrected chi connectivity index (χ3v) is 2.65. The lowest BCUT2D eigenvalue weighted by atomic mass is 9.91. The molecule has 0 radical (unpaired) electrons. The second-order valence-electron chi connectivity index (χ2n) is 5.06. The molecule has 1 aliphatic heterocycles. The minimum absolute atomic E-state index is 0.0863. The molecule has 0 spiro atoms. The summed E-state index contributed by atoms with van der Waals surface area (Å²) in [7, 11) is 0. The zero-order valence-electron chi connectivity index (χ0n) is 9.35. The number of rotatable bonds is 1. The Morgan fingerprint density at radius 3 is 2.36 bits per heavy atom. The Labute approximate surface area is 84.9 Å². The number of nitrogens with one attached hydrogen (secondary N) is 1. The minimum atomic E-state index is 0.0863. The van der Waals surface area contributed by atoms with Crippen LogP contribution in [0.5, 0.6) is 0 Å². The van der Waals surface area contributed by atoms with Gasteiger partial charge in [-0.2, -0.15) is 0 Å². The van der Waals surface area contributed by atoms with E-state index in [2.05, 4.69) is 31.1 Å². The maximum Gasteiger partial charge on any atom is 0.200 e. The van der Waals surface area contributed by atoms with Gasteiger partial charge in [-0.15, -0.1) is 0 Å². The van der Waals surface area contributed by atoms with Crippen LogP contribution >= 0.6 is 0 Å². The monoisotopic (exact) mass is 194 g/mol. The summed E-state index contributed by atoms with van der Waals surface area (Å²) >= 11 is 0. The highest BCUT2D eigenvalue weighted by atomic mass is 16.4. The van der Waals surface area contributed by atoms with Crippen LogP contribution in [0.1, 0.15) is 44.0 Å². The van der Waals surface area contributed by atoms with Gasteiger partial charge in [0.15, 0.2) is 5.89 Å². The Balaban J connectivity index is 2.29. The molecule has 0 bridgehead atoms. The molecule has 0 saturated carbocycles. The predicted octanol–water partition coefficient (Wildman–Crippen LogP) is 1.97.